The van der Waals surface area contributed by atoms with Crippen LogP contribution in [0.1, 0.15) is 54.3 Å². The molecule has 2 N–H and O–H groups in total. The number of aromatic nitrogens is 2. The molecule has 0 bridgehead atoms. The van der Waals surface area contributed by atoms with Gasteiger partial charge in [-0.1, -0.05) is 26.0 Å². The molecular weight excluding hydrogens is 278 g/mol. The van der Waals surface area contributed by atoms with Crippen LogP contribution in [0, 0.1) is 6.92 Å². The first-order chi connectivity index (χ1) is 10.6. The smallest absolute Gasteiger partial charge is 0.259 e. The number of hydrogen-bond donors (Lipinski definition) is 2. The molecule has 1 aromatic carbocycles. The molecule has 1 aromatic heterocycles. The van der Waals surface area contributed by atoms with E-state index in [0.717, 1.165) is 24.1 Å². The van der Waals surface area contributed by atoms with Gasteiger partial charge in [0, 0.05) is 11.4 Å². The maximum absolute atomic E-state index is 12.4. The van der Waals surface area contributed by atoms with Crippen molar-refractivity contribution >= 4 is 11.6 Å². The molecule has 1 amide bonds. The lowest BCUT2D eigenvalue weighted by Gasteiger charge is -2.15. The number of hydrogen-bond acceptors (Lipinski definition) is 3. The molecule has 118 valence electrons. The van der Waals surface area contributed by atoms with Crippen molar-refractivity contribution in [2.24, 2.45) is 0 Å². The molecule has 0 aliphatic carbocycles. The number of anilines is 1. The topological polar surface area (TPSA) is 67.2 Å². The van der Waals surface area contributed by atoms with E-state index in [1.165, 1.54) is 0 Å². The Bertz CT molecular complexity index is 645. The van der Waals surface area contributed by atoms with Crippen molar-refractivity contribution in [2.75, 3.05) is 5.32 Å². The summed E-state index contributed by atoms with van der Waals surface area (Å²) in [6.07, 6.45) is 3.59. The monoisotopic (exact) mass is 301 g/mol. The molecule has 0 saturated heterocycles. The Labute approximate surface area is 131 Å². The summed E-state index contributed by atoms with van der Waals surface area (Å²) in [5.74, 6) is -0.176. The van der Waals surface area contributed by atoms with E-state index in [0.29, 0.717) is 17.3 Å². The minimum Gasteiger partial charge on any atom is -0.392 e. The minimum absolute atomic E-state index is 0.0463. The van der Waals surface area contributed by atoms with Crippen LogP contribution < -0.4 is 5.32 Å². The van der Waals surface area contributed by atoms with Crippen molar-refractivity contribution in [3.05, 3.63) is 47.3 Å². The largest absolute Gasteiger partial charge is 0.392 e. The second-order valence-corrected chi connectivity index (χ2v) is 5.37. The molecule has 0 saturated carbocycles. The summed E-state index contributed by atoms with van der Waals surface area (Å²) in [4.78, 5) is 12.4. The van der Waals surface area contributed by atoms with E-state index in [9.17, 15) is 4.79 Å². The number of nitrogens with zero attached hydrogens (tertiary/aromatic N) is 2. The van der Waals surface area contributed by atoms with Crippen molar-refractivity contribution in [2.45, 2.75) is 46.3 Å². The summed E-state index contributed by atoms with van der Waals surface area (Å²) >= 11 is 0. The Morgan fingerprint density at radius 1 is 1.36 bits per heavy atom. The van der Waals surface area contributed by atoms with Crippen molar-refractivity contribution in [3.8, 4) is 0 Å². The molecule has 0 unspecified atom stereocenters. The third kappa shape index (κ3) is 3.36. The molecule has 1 heterocycles. The number of amides is 1. The minimum atomic E-state index is -0.176. The SMILES string of the molecule is CCC(CC)n1ncc(C(=O)Nc2cccc(CO)c2)c1C. The van der Waals surface area contributed by atoms with Gasteiger partial charge in [-0.05, 0) is 37.5 Å². The Hall–Kier alpha value is -2.14. The fourth-order valence-electron chi connectivity index (χ4n) is 2.59. The van der Waals surface area contributed by atoms with Crippen LogP contribution >= 0.6 is 0 Å². The zero-order chi connectivity index (χ0) is 16.1. The summed E-state index contributed by atoms with van der Waals surface area (Å²) in [6.45, 7) is 6.12. The molecule has 5 nitrogen and oxygen atoms in total. The first-order valence-corrected chi connectivity index (χ1v) is 7.65. The lowest BCUT2D eigenvalue weighted by atomic mass is 10.1. The molecule has 0 aliphatic rings. The molecule has 5 heteroatoms. The van der Waals surface area contributed by atoms with Gasteiger partial charge in [0.15, 0.2) is 0 Å². The molecular formula is C17H23N3O2. The van der Waals surface area contributed by atoms with Crippen LogP contribution in [-0.2, 0) is 6.61 Å². The predicted molar refractivity (Wildman–Crippen MR) is 86.9 cm³/mol. The van der Waals surface area contributed by atoms with E-state index in [4.69, 9.17) is 5.11 Å². The van der Waals surface area contributed by atoms with Crippen molar-refractivity contribution in [1.82, 2.24) is 9.78 Å². The number of nitrogens with one attached hydrogen (secondary N) is 1. The van der Waals surface area contributed by atoms with Crippen LogP contribution in [0.15, 0.2) is 30.5 Å². The van der Waals surface area contributed by atoms with Gasteiger partial charge < -0.3 is 10.4 Å². The van der Waals surface area contributed by atoms with Gasteiger partial charge in [-0.15, -0.1) is 0 Å². The van der Waals surface area contributed by atoms with Gasteiger partial charge in [0.1, 0.15) is 0 Å². The fourth-order valence-corrected chi connectivity index (χ4v) is 2.59. The maximum atomic E-state index is 12.4. The van der Waals surface area contributed by atoms with E-state index in [2.05, 4.69) is 24.3 Å². The lowest BCUT2D eigenvalue weighted by Crippen LogP contribution is -2.15. The predicted octanol–water partition coefficient (Wildman–Crippen LogP) is 3.30. The highest BCUT2D eigenvalue weighted by molar-refractivity contribution is 6.04. The van der Waals surface area contributed by atoms with Gasteiger partial charge >= 0.3 is 0 Å². The van der Waals surface area contributed by atoms with Crippen LogP contribution in [0.4, 0.5) is 5.69 Å². The molecule has 2 rings (SSSR count). The Kier molecular flexibility index (Phi) is 5.33. The van der Waals surface area contributed by atoms with Gasteiger partial charge in [-0.2, -0.15) is 5.10 Å². The highest BCUT2D eigenvalue weighted by Crippen LogP contribution is 2.20. The standard InChI is InChI=1S/C17H23N3O2/c1-4-15(5-2)20-12(3)16(10-18-20)17(22)19-14-8-6-7-13(9-14)11-21/h6-10,15,21H,4-5,11H2,1-3H3,(H,19,22). The number of aliphatic hydroxyl groups excluding tert-OH is 1. The van der Waals surface area contributed by atoms with E-state index in [-0.39, 0.29) is 12.5 Å². The zero-order valence-corrected chi connectivity index (χ0v) is 13.3. The van der Waals surface area contributed by atoms with Crippen LogP contribution in [0.2, 0.25) is 0 Å². The number of rotatable bonds is 6. The second-order valence-electron chi connectivity index (χ2n) is 5.37. The maximum Gasteiger partial charge on any atom is 0.259 e. The zero-order valence-electron chi connectivity index (χ0n) is 13.3. The highest BCUT2D eigenvalue weighted by Gasteiger charge is 2.18. The number of carbonyl (C=O) groups is 1. The molecule has 0 spiro atoms. The molecule has 2 aromatic rings. The van der Waals surface area contributed by atoms with Crippen LogP contribution in [-0.4, -0.2) is 20.8 Å². The first-order valence-electron chi connectivity index (χ1n) is 7.65. The number of benzene rings is 1. The summed E-state index contributed by atoms with van der Waals surface area (Å²) in [6, 6.07) is 7.50. The molecule has 0 radical (unpaired) electrons. The normalized spacial score (nSPS) is 11.0. The number of carbonyl (C=O) groups excluding carboxylic acids is 1. The quantitative estimate of drug-likeness (QED) is 0.860. The summed E-state index contributed by atoms with van der Waals surface area (Å²) < 4.78 is 1.93. The first kappa shape index (κ1) is 16.2. The average Bonchev–Trinajstić information content (AvgIpc) is 2.91. The third-order valence-corrected chi connectivity index (χ3v) is 3.95. The van der Waals surface area contributed by atoms with E-state index in [1.807, 2.05) is 23.7 Å². The van der Waals surface area contributed by atoms with Gasteiger partial charge in [-0.3, -0.25) is 9.48 Å². The Morgan fingerprint density at radius 2 is 2.09 bits per heavy atom. The average molecular weight is 301 g/mol. The fraction of sp³-hybridized carbons (Fsp3) is 0.412. The Morgan fingerprint density at radius 3 is 2.73 bits per heavy atom. The van der Waals surface area contributed by atoms with Gasteiger partial charge in [0.05, 0.1) is 24.4 Å². The molecule has 0 atom stereocenters. The Balaban J connectivity index is 2.19. The van der Waals surface area contributed by atoms with E-state index in [1.54, 1.807) is 18.3 Å². The molecule has 0 aliphatic heterocycles. The van der Waals surface area contributed by atoms with Gasteiger partial charge in [0.25, 0.3) is 5.91 Å². The van der Waals surface area contributed by atoms with Gasteiger partial charge in [0.2, 0.25) is 0 Å². The van der Waals surface area contributed by atoms with E-state index >= 15 is 0 Å². The number of aliphatic hydroxyl groups is 1. The van der Waals surface area contributed by atoms with Crippen molar-refractivity contribution in [1.29, 1.82) is 0 Å². The van der Waals surface area contributed by atoms with Crippen LogP contribution in [0.3, 0.4) is 0 Å². The van der Waals surface area contributed by atoms with Crippen LogP contribution in [0.25, 0.3) is 0 Å². The highest BCUT2D eigenvalue weighted by atomic mass is 16.3. The summed E-state index contributed by atoms with van der Waals surface area (Å²) in [5.41, 5.74) is 2.90. The third-order valence-electron chi connectivity index (χ3n) is 3.95. The molecule has 22 heavy (non-hydrogen) atoms. The summed E-state index contributed by atoms with van der Waals surface area (Å²) in [5, 5.41) is 16.4. The summed E-state index contributed by atoms with van der Waals surface area (Å²) in [7, 11) is 0. The van der Waals surface area contributed by atoms with Gasteiger partial charge in [-0.25, -0.2) is 0 Å². The van der Waals surface area contributed by atoms with Crippen molar-refractivity contribution < 1.29 is 9.90 Å². The van der Waals surface area contributed by atoms with Crippen molar-refractivity contribution in [3.63, 3.8) is 0 Å². The van der Waals surface area contributed by atoms with Crippen LogP contribution in [0.5, 0.6) is 0 Å². The lowest BCUT2D eigenvalue weighted by molar-refractivity contribution is 0.102. The second kappa shape index (κ2) is 7.22. The molecule has 0 fully saturated rings. The van der Waals surface area contributed by atoms with E-state index < -0.39 is 0 Å².